The Bertz CT molecular complexity index is 1810. The molecule has 0 aliphatic carbocycles. The van der Waals surface area contributed by atoms with Crippen LogP contribution in [0.25, 0.3) is 33.8 Å². The number of hydrogen-bond donors (Lipinski definition) is 2. The first-order chi connectivity index (χ1) is 17.9. The highest BCUT2D eigenvalue weighted by Crippen LogP contribution is 2.22. The van der Waals surface area contributed by atoms with E-state index in [-0.39, 0.29) is 11.5 Å². The monoisotopic (exact) mass is 492 g/mol. The van der Waals surface area contributed by atoms with E-state index in [1.165, 1.54) is 6.33 Å². The molecule has 0 saturated carbocycles. The molecule has 0 unspecified atom stereocenters. The van der Waals surface area contributed by atoms with Gasteiger partial charge in [0.2, 0.25) is 11.4 Å². The molecule has 0 bridgehead atoms. The van der Waals surface area contributed by atoms with Crippen LogP contribution in [-0.4, -0.2) is 31.6 Å². The number of benzene rings is 2. The topological polar surface area (TPSA) is 112 Å². The summed E-state index contributed by atoms with van der Waals surface area (Å²) >= 11 is 0. The van der Waals surface area contributed by atoms with E-state index in [9.17, 15) is 9.59 Å². The van der Waals surface area contributed by atoms with Crippen LogP contribution in [0.2, 0.25) is 0 Å². The Balaban J connectivity index is 1.59. The highest BCUT2D eigenvalue weighted by molar-refractivity contribution is 5.99. The van der Waals surface area contributed by atoms with Crippen molar-refractivity contribution in [2.24, 2.45) is 0 Å². The highest BCUT2D eigenvalue weighted by Gasteiger charge is 2.24. The largest absolute Gasteiger partial charge is 0.380 e. The first kappa shape index (κ1) is 22.7. The maximum atomic E-state index is 14.0. The van der Waals surface area contributed by atoms with Gasteiger partial charge in [-0.3, -0.25) is 14.2 Å². The number of nitrogens with zero attached hydrogens (tertiary/aromatic N) is 5. The van der Waals surface area contributed by atoms with E-state index in [2.05, 4.69) is 21.4 Å². The molecule has 37 heavy (non-hydrogen) atoms. The van der Waals surface area contributed by atoms with Gasteiger partial charge in [0.05, 0.1) is 28.5 Å². The van der Waals surface area contributed by atoms with Crippen LogP contribution in [-0.2, 0) is 11.3 Å². The number of carbonyl (C=O) groups is 1. The molecular weight excluding hydrogens is 466 g/mol. The quantitative estimate of drug-likeness (QED) is 0.296. The van der Waals surface area contributed by atoms with Gasteiger partial charge in [-0.05, 0) is 48.9 Å². The minimum atomic E-state index is -0.0953. The van der Waals surface area contributed by atoms with Crippen molar-refractivity contribution in [2.45, 2.75) is 26.8 Å². The van der Waals surface area contributed by atoms with Gasteiger partial charge in [-0.15, -0.1) is 0 Å². The summed E-state index contributed by atoms with van der Waals surface area (Å²) in [5.41, 5.74) is 11.6. The highest BCUT2D eigenvalue weighted by atomic mass is 16.2. The van der Waals surface area contributed by atoms with Gasteiger partial charge >= 0.3 is 5.65 Å². The fourth-order valence-electron chi connectivity index (χ4n) is 5.10. The van der Waals surface area contributed by atoms with Crippen molar-refractivity contribution >= 4 is 39.9 Å². The van der Waals surface area contributed by atoms with Gasteiger partial charge in [-0.25, -0.2) is 9.13 Å². The summed E-state index contributed by atoms with van der Waals surface area (Å²) in [5, 5.41) is 4.41. The second kappa shape index (κ2) is 8.70. The van der Waals surface area contributed by atoms with Crippen LogP contribution < -0.4 is 21.2 Å². The molecule has 4 heterocycles. The van der Waals surface area contributed by atoms with Crippen LogP contribution >= 0.6 is 0 Å². The number of nitrogen functional groups attached to an aromatic ring is 1. The van der Waals surface area contributed by atoms with Crippen molar-refractivity contribution < 1.29 is 9.36 Å². The summed E-state index contributed by atoms with van der Waals surface area (Å²) < 4.78 is 5.52. The van der Waals surface area contributed by atoms with E-state index in [1.54, 1.807) is 15.3 Å². The Kier molecular flexibility index (Phi) is 5.33. The third kappa shape index (κ3) is 3.76. The SMILES string of the molecule is Cc1ccccc1-n1c(C[n+]2cn(/C=C3/CCNC3=O)c3c(N)ncnc32)cc2cccc(C)c2c1=O. The average Bonchev–Trinajstić information content (AvgIpc) is 3.44. The zero-order valence-electron chi connectivity index (χ0n) is 20.6. The fourth-order valence-corrected chi connectivity index (χ4v) is 5.10. The maximum Gasteiger partial charge on any atom is 0.308 e. The minimum absolute atomic E-state index is 0.0666. The number of fused-ring (bicyclic) bond motifs is 2. The molecule has 9 nitrogen and oxygen atoms in total. The molecule has 3 N–H and O–H groups in total. The summed E-state index contributed by atoms with van der Waals surface area (Å²) in [7, 11) is 0. The Labute approximate surface area is 212 Å². The predicted molar refractivity (Wildman–Crippen MR) is 142 cm³/mol. The lowest BCUT2D eigenvalue weighted by molar-refractivity contribution is -0.665. The summed E-state index contributed by atoms with van der Waals surface area (Å²) in [6.45, 7) is 4.91. The summed E-state index contributed by atoms with van der Waals surface area (Å²) in [4.78, 5) is 34.8. The van der Waals surface area contributed by atoms with Gasteiger partial charge in [0.25, 0.3) is 5.56 Å². The van der Waals surface area contributed by atoms with Gasteiger partial charge < -0.3 is 11.1 Å². The maximum absolute atomic E-state index is 14.0. The number of nitrogens with one attached hydrogen (secondary N) is 1. The number of para-hydroxylation sites is 1. The molecule has 1 aliphatic rings. The molecule has 1 amide bonds. The van der Waals surface area contributed by atoms with E-state index >= 15 is 0 Å². The zero-order valence-corrected chi connectivity index (χ0v) is 20.6. The number of nitrogens with two attached hydrogens (primary N) is 1. The summed E-state index contributed by atoms with van der Waals surface area (Å²) in [6, 6.07) is 15.8. The first-order valence-electron chi connectivity index (χ1n) is 12.1. The smallest absolute Gasteiger partial charge is 0.308 e. The molecule has 5 aromatic rings. The Hall–Kier alpha value is -4.79. The van der Waals surface area contributed by atoms with Crippen molar-refractivity contribution in [1.82, 2.24) is 24.4 Å². The van der Waals surface area contributed by atoms with Crippen molar-refractivity contribution in [3.8, 4) is 5.69 Å². The molecule has 3 aromatic heterocycles. The van der Waals surface area contributed by atoms with Crippen LogP contribution in [0.4, 0.5) is 5.82 Å². The van der Waals surface area contributed by atoms with Gasteiger partial charge in [-0.2, -0.15) is 4.98 Å². The molecule has 2 aromatic carbocycles. The molecule has 0 radical (unpaired) electrons. The van der Waals surface area contributed by atoms with Gasteiger partial charge in [0.1, 0.15) is 6.54 Å². The van der Waals surface area contributed by atoms with E-state index in [1.807, 2.05) is 67.2 Å². The Morgan fingerprint density at radius 3 is 2.68 bits per heavy atom. The fraction of sp³-hybridized carbons (Fsp3) is 0.179. The molecule has 1 saturated heterocycles. The second-order valence-corrected chi connectivity index (χ2v) is 9.34. The zero-order chi connectivity index (χ0) is 25.7. The standard InChI is InChI=1S/C28H25N7O2/c1-17-6-3-4-9-22(17)35-21(12-19-8-5-7-18(2)23(19)28(35)37)14-34-16-33(13-20-10-11-30-27(20)36)24-25(29)31-15-32-26(24)34/h3-9,12-13,15-16H,10-11,14H2,1-2H3,(H2-,29,30,31,32,36)/p+1/b20-13-. The Morgan fingerprint density at radius 2 is 1.89 bits per heavy atom. The number of rotatable bonds is 4. The van der Waals surface area contributed by atoms with Crippen molar-refractivity contribution in [1.29, 1.82) is 0 Å². The number of carbonyl (C=O) groups excluding carboxylic acids is 1. The third-order valence-corrected chi connectivity index (χ3v) is 6.91. The number of aryl methyl sites for hydroxylation is 2. The molecule has 1 aliphatic heterocycles. The molecule has 184 valence electrons. The Morgan fingerprint density at radius 1 is 1.08 bits per heavy atom. The number of imidazole rings is 1. The average molecular weight is 493 g/mol. The van der Waals surface area contributed by atoms with E-state index in [0.717, 1.165) is 27.9 Å². The van der Waals surface area contributed by atoms with Gasteiger partial charge in [0, 0.05) is 6.54 Å². The number of anilines is 1. The molecular formula is C28H26N7O2+. The van der Waals surface area contributed by atoms with Gasteiger partial charge in [0.15, 0.2) is 18.5 Å². The second-order valence-electron chi connectivity index (χ2n) is 9.34. The minimum Gasteiger partial charge on any atom is -0.380 e. The summed E-state index contributed by atoms with van der Waals surface area (Å²) in [6.07, 6.45) is 5.68. The third-order valence-electron chi connectivity index (χ3n) is 6.91. The van der Waals surface area contributed by atoms with Crippen LogP contribution in [0.3, 0.4) is 0 Å². The number of amides is 1. The molecule has 9 heteroatoms. The molecule has 1 fully saturated rings. The van der Waals surface area contributed by atoms with Crippen molar-refractivity contribution in [3.05, 3.63) is 93.9 Å². The van der Waals surface area contributed by atoms with Gasteiger partial charge in [-0.1, -0.05) is 41.4 Å². The first-order valence-corrected chi connectivity index (χ1v) is 12.1. The summed E-state index contributed by atoms with van der Waals surface area (Å²) in [5.74, 6) is 0.214. The normalized spacial score (nSPS) is 14.6. The lowest BCUT2D eigenvalue weighted by atomic mass is 10.1. The lowest BCUT2D eigenvalue weighted by Crippen LogP contribution is -2.37. The number of aromatic nitrogens is 5. The molecule has 0 atom stereocenters. The van der Waals surface area contributed by atoms with Crippen LogP contribution in [0.5, 0.6) is 0 Å². The van der Waals surface area contributed by atoms with Crippen molar-refractivity contribution in [2.75, 3.05) is 12.3 Å². The van der Waals surface area contributed by atoms with E-state index in [0.29, 0.717) is 47.5 Å². The molecule has 0 spiro atoms. The number of pyridine rings is 1. The van der Waals surface area contributed by atoms with Crippen LogP contribution in [0, 0.1) is 13.8 Å². The predicted octanol–water partition coefficient (Wildman–Crippen LogP) is 2.63. The lowest BCUT2D eigenvalue weighted by Gasteiger charge is -2.16. The van der Waals surface area contributed by atoms with Crippen LogP contribution in [0.1, 0.15) is 23.2 Å². The van der Waals surface area contributed by atoms with Crippen molar-refractivity contribution in [3.63, 3.8) is 0 Å². The number of hydrogen-bond acceptors (Lipinski definition) is 5. The van der Waals surface area contributed by atoms with E-state index < -0.39 is 0 Å². The molecule has 6 rings (SSSR count). The van der Waals surface area contributed by atoms with E-state index in [4.69, 9.17) is 5.73 Å². The van der Waals surface area contributed by atoms with Crippen LogP contribution in [0.15, 0.2) is 71.6 Å².